The number of rotatable bonds is 4. The van der Waals surface area contributed by atoms with E-state index in [9.17, 15) is 19.5 Å². The molecule has 0 bridgehead atoms. The first-order valence-electron chi connectivity index (χ1n) is 9.67. The maximum atomic E-state index is 13.2. The number of nitrogens with one attached hydrogen (secondary N) is 1. The van der Waals surface area contributed by atoms with Gasteiger partial charge in [0.25, 0.3) is 11.8 Å². The summed E-state index contributed by atoms with van der Waals surface area (Å²) in [7, 11) is 0. The van der Waals surface area contributed by atoms with E-state index in [2.05, 4.69) is 5.32 Å². The van der Waals surface area contributed by atoms with E-state index in [4.69, 9.17) is 16.6 Å². The summed E-state index contributed by atoms with van der Waals surface area (Å²) >= 11 is 5.26. The van der Waals surface area contributed by atoms with Gasteiger partial charge in [-0.1, -0.05) is 24.3 Å². The fourth-order valence-corrected chi connectivity index (χ4v) is 3.66. The van der Waals surface area contributed by atoms with Crippen molar-refractivity contribution in [3.63, 3.8) is 0 Å². The molecule has 2 amide bonds. The van der Waals surface area contributed by atoms with Gasteiger partial charge in [-0.15, -0.1) is 0 Å². The van der Waals surface area contributed by atoms with Gasteiger partial charge in [-0.3, -0.25) is 19.8 Å². The van der Waals surface area contributed by atoms with Crippen molar-refractivity contribution >= 4 is 46.9 Å². The molecular formula is C24H18N2O5S. The molecule has 1 aliphatic heterocycles. The van der Waals surface area contributed by atoms with E-state index in [1.54, 1.807) is 30.3 Å². The number of hydrogen-bond acceptors (Lipinski definition) is 5. The van der Waals surface area contributed by atoms with Crippen LogP contribution in [-0.4, -0.2) is 28.0 Å². The van der Waals surface area contributed by atoms with Crippen LogP contribution in [0.2, 0.25) is 0 Å². The summed E-state index contributed by atoms with van der Waals surface area (Å²) in [6.45, 7) is 3.81. The minimum atomic E-state index is -1.05. The van der Waals surface area contributed by atoms with E-state index in [1.165, 1.54) is 23.1 Å². The first kappa shape index (κ1) is 21.2. The molecule has 160 valence electrons. The van der Waals surface area contributed by atoms with Crippen LogP contribution in [-0.2, 0) is 9.59 Å². The van der Waals surface area contributed by atoms with Crippen molar-refractivity contribution in [2.45, 2.75) is 13.8 Å². The smallest absolute Gasteiger partial charge is 0.335 e. The Bertz CT molecular complexity index is 1320. The normalized spacial score (nSPS) is 15.2. The Labute approximate surface area is 189 Å². The number of aryl methyl sites for hydroxylation is 1. The lowest BCUT2D eigenvalue weighted by Gasteiger charge is -2.30. The number of aromatic carboxylic acids is 1. The van der Waals surface area contributed by atoms with Gasteiger partial charge >= 0.3 is 5.97 Å². The summed E-state index contributed by atoms with van der Waals surface area (Å²) < 4.78 is 5.76. The monoisotopic (exact) mass is 446 g/mol. The molecule has 4 rings (SSSR count). The maximum absolute atomic E-state index is 13.2. The number of thiocarbonyl (C=S) groups is 1. The Kier molecular flexibility index (Phi) is 5.46. The Morgan fingerprint density at radius 2 is 1.84 bits per heavy atom. The Morgan fingerprint density at radius 3 is 2.59 bits per heavy atom. The predicted molar refractivity (Wildman–Crippen MR) is 123 cm³/mol. The molecule has 32 heavy (non-hydrogen) atoms. The number of furan rings is 1. The summed E-state index contributed by atoms with van der Waals surface area (Å²) in [5.74, 6) is -1.54. The minimum absolute atomic E-state index is 0.0106. The van der Waals surface area contributed by atoms with Gasteiger partial charge in [0.15, 0.2) is 5.11 Å². The SMILES string of the molecule is Cc1cccc(N2C(=O)C(=Cc3ccc(-c4cccc(C(=O)O)c4)o3)C(=O)NC2=S)c1C. The highest BCUT2D eigenvalue weighted by Crippen LogP contribution is 2.28. The number of carbonyl (C=O) groups is 3. The lowest BCUT2D eigenvalue weighted by molar-refractivity contribution is -0.122. The van der Waals surface area contributed by atoms with Gasteiger partial charge in [-0.25, -0.2) is 4.79 Å². The first-order valence-corrected chi connectivity index (χ1v) is 10.1. The number of carboxylic acid groups (broad SMARTS) is 1. The van der Waals surface area contributed by atoms with Crippen molar-refractivity contribution in [1.29, 1.82) is 0 Å². The standard InChI is InChI=1S/C24H18N2O5S/c1-13-5-3-8-19(14(13)2)26-22(28)18(21(27)25-24(26)32)12-17-9-10-20(31-17)15-6-4-7-16(11-15)23(29)30/h3-12H,1-2H3,(H,29,30)(H,25,27,32). The van der Waals surface area contributed by atoms with E-state index in [-0.39, 0.29) is 22.0 Å². The third-order valence-electron chi connectivity index (χ3n) is 5.23. The van der Waals surface area contributed by atoms with Crippen molar-refractivity contribution in [2.75, 3.05) is 4.90 Å². The fraction of sp³-hybridized carbons (Fsp3) is 0.0833. The van der Waals surface area contributed by atoms with Gasteiger partial charge < -0.3 is 9.52 Å². The van der Waals surface area contributed by atoms with Gasteiger partial charge in [-0.05, 0) is 73.6 Å². The second-order valence-corrected chi connectivity index (χ2v) is 7.65. The molecular weight excluding hydrogens is 428 g/mol. The highest BCUT2D eigenvalue weighted by atomic mass is 32.1. The third-order valence-corrected chi connectivity index (χ3v) is 5.51. The van der Waals surface area contributed by atoms with E-state index in [1.807, 2.05) is 26.0 Å². The molecule has 0 unspecified atom stereocenters. The summed E-state index contributed by atoms with van der Waals surface area (Å²) in [6.07, 6.45) is 1.35. The summed E-state index contributed by atoms with van der Waals surface area (Å²) in [5, 5.41) is 11.7. The fourth-order valence-electron chi connectivity index (χ4n) is 3.39. The Hall–Kier alpha value is -4.04. The van der Waals surface area contributed by atoms with Crippen LogP contribution in [0.25, 0.3) is 17.4 Å². The van der Waals surface area contributed by atoms with E-state index >= 15 is 0 Å². The first-order chi connectivity index (χ1) is 15.3. The van der Waals surface area contributed by atoms with Crippen LogP contribution in [0.3, 0.4) is 0 Å². The molecule has 1 aliphatic rings. The molecule has 0 aliphatic carbocycles. The molecule has 2 N–H and O–H groups in total. The van der Waals surface area contributed by atoms with Crippen molar-refractivity contribution in [1.82, 2.24) is 5.32 Å². The summed E-state index contributed by atoms with van der Waals surface area (Å²) in [6, 6.07) is 15.0. The van der Waals surface area contributed by atoms with E-state index in [0.717, 1.165) is 11.1 Å². The van der Waals surface area contributed by atoms with Crippen LogP contribution in [0.4, 0.5) is 5.69 Å². The third kappa shape index (κ3) is 3.83. The van der Waals surface area contributed by atoms with Crippen LogP contribution in [0, 0.1) is 13.8 Å². The zero-order valence-corrected chi connectivity index (χ0v) is 18.0. The topological polar surface area (TPSA) is 99.8 Å². The zero-order valence-electron chi connectivity index (χ0n) is 17.2. The van der Waals surface area contributed by atoms with E-state index in [0.29, 0.717) is 17.0 Å². The van der Waals surface area contributed by atoms with Crippen molar-refractivity contribution in [2.24, 2.45) is 0 Å². The lowest BCUT2D eigenvalue weighted by Crippen LogP contribution is -2.54. The molecule has 1 aromatic heterocycles. The van der Waals surface area contributed by atoms with Gasteiger partial charge in [-0.2, -0.15) is 0 Å². The zero-order chi connectivity index (χ0) is 23.0. The highest BCUT2D eigenvalue weighted by Gasteiger charge is 2.35. The quantitative estimate of drug-likeness (QED) is 0.356. The second-order valence-electron chi connectivity index (χ2n) is 7.26. The maximum Gasteiger partial charge on any atom is 0.335 e. The van der Waals surface area contributed by atoms with Crippen LogP contribution in [0.5, 0.6) is 0 Å². The van der Waals surface area contributed by atoms with Crippen LogP contribution in [0.1, 0.15) is 27.2 Å². The van der Waals surface area contributed by atoms with Crippen LogP contribution < -0.4 is 10.2 Å². The number of nitrogens with zero attached hydrogens (tertiary/aromatic N) is 1. The average molecular weight is 446 g/mol. The van der Waals surface area contributed by atoms with Crippen molar-refractivity contribution < 1.29 is 23.9 Å². The number of carboxylic acids is 1. The number of benzene rings is 2. The Morgan fingerprint density at radius 1 is 1.09 bits per heavy atom. The highest BCUT2D eigenvalue weighted by molar-refractivity contribution is 7.80. The van der Waals surface area contributed by atoms with Gasteiger partial charge in [0.05, 0.1) is 11.3 Å². The Balaban J connectivity index is 1.69. The second kappa shape index (κ2) is 8.24. The molecule has 1 saturated heterocycles. The molecule has 0 atom stereocenters. The predicted octanol–water partition coefficient (Wildman–Crippen LogP) is 4.09. The molecule has 0 radical (unpaired) electrons. The van der Waals surface area contributed by atoms with Crippen molar-refractivity contribution in [3.8, 4) is 11.3 Å². The van der Waals surface area contributed by atoms with Crippen LogP contribution >= 0.6 is 12.2 Å². The van der Waals surface area contributed by atoms with E-state index < -0.39 is 17.8 Å². The molecule has 3 aromatic rings. The van der Waals surface area contributed by atoms with Gasteiger partial charge in [0.1, 0.15) is 17.1 Å². The largest absolute Gasteiger partial charge is 0.478 e. The van der Waals surface area contributed by atoms with Gasteiger partial charge in [0.2, 0.25) is 0 Å². The van der Waals surface area contributed by atoms with Crippen LogP contribution in [0.15, 0.2) is 64.6 Å². The van der Waals surface area contributed by atoms with Gasteiger partial charge in [0, 0.05) is 5.56 Å². The molecule has 2 aromatic carbocycles. The molecule has 0 spiro atoms. The number of amides is 2. The molecule has 0 saturated carbocycles. The summed E-state index contributed by atoms with van der Waals surface area (Å²) in [5.41, 5.74) is 3.01. The summed E-state index contributed by atoms with van der Waals surface area (Å²) in [4.78, 5) is 38.2. The molecule has 2 heterocycles. The molecule has 1 fully saturated rings. The minimum Gasteiger partial charge on any atom is -0.478 e. The van der Waals surface area contributed by atoms with Crippen molar-refractivity contribution in [3.05, 3.63) is 82.6 Å². The lowest BCUT2D eigenvalue weighted by atomic mass is 10.0. The molecule has 8 heteroatoms. The number of hydrogen-bond donors (Lipinski definition) is 2. The molecule has 7 nitrogen and oxygen atoms in total. The average Bonchev–Trinajstić information content (AvgIpc) is 3.23. The number of anilines is 1. The number of carbonyl (C=O) groups excluding carboxylic acids is 2.